The third kappa shape index (κ3) is 4.64. The zero-order valence-corrected chi connectivity index (χ0v) is 14.1. The van der Waals surface area contributed by atoms with Crippen LogP contribution in [0.25, 0.3) is 0 Å². The number of nitrogens with zero attached hydrogens (tertiary/aromatic N) is 1. The molecule has 130 valence electrons. The van der Waals surface area contributed by atoms with E-state index in [0.717, 1.165) is 19.3 Å². The third-order valence-corrected chi connectivity index (χ3v) is 4.33. The molecule has 2 rings (SSSR count). The molecule has 1 aliphatic heterocycles. The molecular formula is C18H25N3O3. The summed E-state index contributed by atoms with van der Waals surface area (Å²) in [6, 6.07) is 6.74. The van der Waals surface area contributed by atoms with E-state index in [4.69, 9.17) is 5.73 Å². The molecule has 3 N–H and O–H groups in total. The van der Waals surface area contributed by atoms with Crippen molar-refractivity contribution in [2.24, 2.45) is 5.73 Å². The van der Waals surface area contributed by atoms with Gasteiger partial charge in [0.15, 0.2) is 5.78 Å². The summed E-state index contributed by atoms with van der Waals surface area (Å²) in [5, 5.41) is 2.86. The Labute approximate surface area is 142 Å². The number of ketones is 1. The number of nitrogens with one attached hydrogen (secondary N) is 1. The smallest absolute Gasteiger partial charge is 0.254 e. The van der Waals surface area contributed by atoms with Crippen LogP contribution in [0.1, 0.15) is 53.3 Å². The average molecular weight is 331 g/mol. The van der Waals surface area contributed by atoms with Crippen molar-refractivity contribution in [3.63, 3.8) is 0 Å². The van der Waals surface area contributed by atoms with E-state index in [9.17, 15) is 14.4 Å². The minimum Gasteiger partial charge on any atom is -0.354 e. The monoisotopic (exact) mass is 331 g/mol. The van der Waals surface area contributed by atoms with Gasteiger partial charge in [-0.05, 0) is 38.3 Å². The van der Waals surface area contributed by atoms with Gasteiger partial charge < -0.3 is 16.0 Å². The molecule has 6 heteroatoms. The molecule has 0 aromatic heterocycles. The number of benzene rings is 1. The normalized spacial score (nSPS) is 17.4. The van der Waals surface area contributed by atoms with Crippen molar-refractivity contribution in [2.75, 3.05) is 19.6 Å². The fourth-order valence-electron chi connectivity index (χ4n) is 2.94. The van der Waals surface area contributed by atoms with E-state index < -0.39 is 0 Å². The van der Waals surface area contributed by atoms with Gasteiger partial charge in [-0.3, -0.25) is 14.4 Å². The Morgan fingerprint density at radius 1 is 1.17 bits per heavy atom. The van der Waals surface area contributed by atoms with E-state index in [1.54, 1.807) is 24.3 Å². The van der Waals surface area contributed by atoms with Crippen LogP contribution in [0.15, 0.2) is 24.3 Å². The maximum Gasteiger partial charge on any atom is 0.254 e. The first-order chi connectivity index (χ1) is 11.5. The summed E-state index contributed by atoms with van der Waals surface area (Å²) >= 11 is 0. The number of hydrogen-bond donors (Lipinski definition) is 2. The van der Waals surface area contributed by atoms with Crippen molar-refractivity contribution in [1.82, 2.24) is 10.2 Å². The molecule has 1 atom stereocenters. The number of likely N-dealkylation sites (tertiary alicyclic amines) is 1. The van der Waals surface area contributed by atoms with E-state index in [2.05, 4.69) is 5.32 Å². The van der Waals surface area contributed by atoms with Gasteiger partial charge in [-0.15, -0.1) is 0 Å². The van der Waals surface area contributed by atoms with Gasteiger partial charge in [0.05, 0.1) is 0 Å². The van der Waals surface area contributed by atoms with Gasteiger partial charge in [-0.2, -0.15) is 0 Å². The molecule has 1 heterocycles. The summed E-state index contributed by atoms with van der Waals surface area (Å²) in [6.07, 6.45) is 3.18. The molecule has 0 radical (unpaired) electrons. The summed E-state index contributed by atoms with van der Waals surface area (Å²) in [5.41, 5.74) is 6.54. The summed E-state index contributed by atoms with van der Waals surface area (Å²) < 4.78 is 0. The van der Waals surface area contributed by atoms with E-state index in [1.807, 2.05) is 4.90 Å². The maximum atomic E-state index is 12.8. The number of piperidine rings is 1. The SMILES string of the molecule is CC(=O)c1ccc(C(=O)N2CCCCC2CNC(=O)CCN)cc1. The number of carbonyl (C=O) groups is 3. The van der Waals surface area contributed by atoms with Crippen molar-refractivity contribution in [2.45, 2.75) is 38.6 Å². The number of rotatable bonds is 6. The predicted molar refractivity (Wildman–Crippen MR) is 91.8 cm³/mol. The number of Topliss-reactive ketones (excluding diaryl/α,β-unsaturated/α-hetero) is 1. The molecule has 24 heavy (non-hydrogen) atoms. The lowest BCUT2D eigenvalue weighted by Crippen LogP contribution is -2.49. The van der Waals surface area contributed by atoms with Crippen LogP contribution in [-0.2, 0) is 4.79 Å². The van der Waals surface area contributed by atoms with E-state index in [1.165, 1.54) is 6.92 Å². The summed E-state index contributed by atoms with van der Waals surface area (Å²) in [7, 11) is 0. The standard InChI is InChI=1S/C18H25N3O3/c1-13(22)14-5-7-15(8-6-14)18(24)21-11-3-2-4-16(21)12-20-17(23)9-10-19/h5-8,16H,2-4,9-12,19H2,1H3,(H,20,23). The van der Waals surface area contributed by atoms with Crippen LogP contribution in [0.4, 0.5) is 0 Å². The van der Waals surface area contributed by atoms with Crippen LogP contribution >= 0.6 is 0 Å². The highest BCUT2D eigenvalue weighted by atomic mass is 16.2. The second-order valence-corrected chi connectivity index (χ2v) is 6.12. The van der Waals surface area contributed by atoms with Gasteiger partial charge in [-0.1, -0.05) is 12.1 Å². The number of amides is 2. The lowest BCUT2D eigenvalue weighted by molar-refractivity contribution is -0.121. The Hall–Kier alpha value is -2.21. The van der Waals surface area contributed by atoms with E-state index in [-0.39, 0.29) is 23.6 Å². The molecular weight excluding hydrogens is 306 g/mol. The van der Waals surface area contributed by atoms with Crippen molar-refractivity contribution >= 4 is 17.6 Å². The summed E-state index contributed by atoms with van der Waals surface area (Å²) in [4.78, 5) is 37.5. The fraction of sp³-hybridized carbons (Fsp3) is 0.500. The van der Waals surface area contributed by atoms with Crippen LogP contribution in [0.3, 0.4) is 0 Å². The molecule has 1 saturated heterocycles. The Bertz CT molecular complexity index is 598. The highest BCUT2D eigenvalue weighted by Gasteiger charge is 2.27. The molecule has 1 aromatic carbocycles. The van der Waals surface area contributed by atoms with Crippen molar-refractivity contribution in [1.29, 1.82) is 0 Å². The van der Waals surface area contributed by atoms with E-state index in [0.29, 0.717) is 37.2 Å². The summed E-state index contributed by atoms with van der Waals surface area (Å²) in [5.74, 6) is -0.156. The van der Waals surface area contributed by atoms with Crippen LogP contribution in [0.2, 0.25) is 0 Å². The van der Waals surface area contributed by atoms with Crippen LogP contribution < -0.4 is 11.1 Å². The van der Waals surface area contributed by atoms with Crippen LogP contribution in [0, 0.1) is 0 Å². The van der Waals surface area contributed by atoms with Crippen LogP contribution in [-0.4, -0.2) is 48.2 Å². The number of carbonyl (C=O) groups excluding carboxylic acids is 3. The Morgan fingerprint density at radius 2 is 1.83 bits per heavy atom. The molecule has 0 aliphatic carbocycles. The van der Waals surface area contributed by atoms with Gasteiger partial charge in [0.1, 0.15) is 0 Å². The predicted octanol–water partition coefficient (Wildman–Crippen LogP) is 1.35. The van der Waals surface area contributed by atoms with Gasteiger partial charge in [0.25, 0.3) is 5.91 Å². The molecule has 1 fully saturated rings. The molecule has 2 amide bonds. The lowest BCUT2D eigenvalue weighted by Gasteiger charge is -2.36. The Kier molecular flexibility index (Phi) is 6.49. The van der Waals surface area contributed by atoms with Crippen molar-refractivity contribution in [3.05, 3.63) is 35.4 Å². The molecule has 0 bridgehead atoms. The Morgan fingerprint density at radius 3 is 2.46 bits per heavy atom. The van der Waals surface area contributed by atoms with E-state index >= 15 is 0 Å². The zero-order valence-electron chi connectivity index (χ0n) is 14.1. The third-order valence-electron chi connectivity index (χ3n) is 4.33. The minimum absolute atomic E-state index is 0.000424. The minimum atomic E-state index is -0.0821. The molecule has 1 aromatic rings. The highest BCUT2D eigenvalue weighted by molar-refractivity contribution is 5.97. The largest absolute Gasteiger partial charge is 0.354 e. The lowest BCUT2D eigenvalue weighted by atomic mass is 10.00. The number of nitrogens with two attached hydrogens (primary N) is 1. The summed E-state index contributed by atoms with van der Waals surface area (Å²) in [6.45, 7) is 2.96. The molecule has 0 saturated carbocycles. The second-order valence-electron chi connectivity index (χ2n) is 6.12. The number of hydrogen-bond acceptors (Lipinski definition) is 4. The fourth-order valence-corrected chi connectivity index (χ4v) is 2.94. The highest BCUT2D eigenvalue weighted by Crippen LogP contribution is 2.20. The first kappa shape index (κ1) is 18.1. The average Bonchev–Trinajstić information content (AvgIpc) is 2.60. The van der Waals surface area contributed by atoms with Crippen LogP contribution in [0.5, 0.6) is 0 Å². The quantitative estimate of drug-likeness (QED) is 0.770. The van der Waals surface area contributed by atoms with Crippen molar-refractivity contribution in [3.8, 4) is 0 Å². The molecule has 0 spiro atoms. The first-order valence-electron chi connectivity index (χ1n) is 8.41. The first-order valence-corrected chi connectivity index (χ1v) is 8.41. The maximum absolute atomic E-state index is 12.8. The van der Waals surface area contributed by atoms with Gasteiger partial charge in [-0.25, -0.2) is 0 Å². The molecule has 1 aliphatic rings. The molecule has 6 nitrogen and oxygen atoms in total. The zero-order chi connectivity index (χ0) is 17.5. The van der Waals surface area contributed by atoms with Gasteiger partial charge >= 0.3 is 0 Å². The van der Waals surface area contributed by atoms with Crippen molar-refractivity contribution < 1.29 is 14.4 Å². The van der Waals surface area contributed by atoms with Gasteiger partial charge in [0.2, 0.25) is 5.91 Å². The van der Waals surface area contributed by atoms with Gasteiger partial charge in [0, 0.05) is 43.2 Å². The topological polar surface area (TPSA) is 92.5 Å². The second kappa shape index (κ2) is 8.59. The molecule has 1 unspecified atom stereocenters. The Balaban J connectivity index is 2.04.